The van der Waals surface area contributed by atoms with Crippen LogP contribution in [-0.4, -0.2) is 45.5 Å². The van der Waals surface area contributed by atoms with E-state index in [1.165, 1.54) is 54.2 Å². The second-order valence-electron chi connectivity index (χ2n) is 17.0. The van der Waals surface area contributed by atoms with E-state index in [0.717, 1.165) is 51.9 Å². The normalized spacial score (nSPS) is 13.2. The molecule has 0 amide bonds. The molecule has 0 spiro atoms. The molecule has 6 aromatic carbocycles. The Hall–Kier alpha value is -4.97. The average molecular weight is 749 g/mol. The molecule has 6 rings (SSSR count). The highest BCUT2D eigenvalue weighted by molar-refractivity contribution is 6.04. The van der Waals surface area contributed by atoms with Crippen LogP contribution in [0.5, 0.6) is 0 Å². The third kappa shape index (κ3) is 10.3. The van der Waals surface area contributed by atoms with Crippen LogP contribution in [0.1, 0.15) is 76.3 Å². The molecule has 5 heteroatoms. The van der Waals surface area contributed by atoms with Gasteiger partial charge in [0.15, 0.2) is 0 Å². The minimum absolute atomic E-state index is 0.0310. The van der Waals surface area contributed by atoms with Crippen molar-refractivity contribution in [2.75, 3.05) is 39.4 Å². The Balaban J connectivity index is 1.29. The predicted molar refractivity (Wildman–Crippen MR) is 238 cm³/mol. The topological polar surface area (TPSA) is 59.6 Å². The van der Waals surface area contributed by atoms with Crippen LogP contribution in [-0.2, 0) is 9.47 Å². The van der Waals surface area contributed by atoms with Gasteiger partial charge in [-0.15, -0.1) is 13.2 Å². The maximum Gasteiger partial charge on any atom is 0.508 e. The lowest BCUT2D eigenvalue weighted by Gasteiger charge is -2.32. The summed E-state index contributed by atoms with van der Waals surface area (Å²) in [4.78, 5) is 13.9. The van der Waals surface area contributed by atoms with Crippen molar-refractivity contribution in [1.29, 1.82) is 0 Å². The van der Waals surface area contributed by atoms with Gasteiger partial charge in [0.1, 0.15) is 13.2 Å². The van der Waals surface area contributed by atoms with Gasteiger partial charge in [0, 0.05) is 24.9 Å². The molecular formula is C51H60N2O3. The molecule has 0 aliphatic rings. The van der Waals surface area contributed by atoms with Gasteiger partial charge < -0.3 is 20.1 Å². The molecular weight excluding hydrogens is 689 g/mol. The van der Waals surface area contributed by atoms with E-state index < -0.39 is 6.16 Å². The third-order valence-electron chi connectivity index (χ3n) is 11.4. The minimum Gasteiger partial charge on any atom is -0.434 e. The standard InChI is InChI=1S/C51H60N2O3/c1-7-27-52-29-25-50(3,4)33-41(47-43-21-13-9-17-37(43)31-38-18-10-14-22-44(38)47)35-55-49(54)56-36-42(34-51(5,6)26-30-53-28-8-2)48-45-23-15-11-19-39(45)32-40-20-12-16-24-46(40)48/h7-24,31-32,41-42,52-53H,1-2,25-30,33-36H2,3-6H3. The van der Waals surface area contributed by atoms with E-state index in [1.807, 2.05) is 12.2 Å². The molecule has 0 bridgehead atoms. The molecule has 5 nitrogen and oxygen atoms in total. The van der Waals surface area contributed by atoms with Gasteiger partial charge in [-0.05, 0) is 116 Å². The van der Waals surface area contributed by atoms with Gasteiger partial charge in [-0.3, -0.25) is 0 Å². The highest BCUT2D eigenvalue weighted by Crippen LogP contribution is 2.43. The number of nitrogens with one attached hydrogen (secondary N) is 2. The molecule has 0 saturated heterocycles. The monoisotopic (exact) mass is 748 g/mol. The highest BCUT2D eigenvalue weighted by Gasteiger charge is 2.30. The first-order valence-electron chi connectivity index (χ1n) is 20.3. The van der Waals surface area contributed by atoms with Gasteiger partial charge in [0.05, 0.1) is 0 Å². The van der Waals surface area contributed by atoms with E-state index in [0.29, 0.717) is 0 Å². The van der Waals surface area contributed by atoms with E-state index in [9.17, 15) is 4.79 Å². The highest BCUT2D eigenvalue weighted by atomic mass is 16.7. The fourth-order valence-electron chi connectivity index (χ4n) is 8.65. The summed E-state index contributed by atoms with van der Waals surface area (Å²) in [6.45, 7) is 20.8. The maximum absolute atomic E-state index is 13.9. The maximum atomic E-state index is 13.9. The van der Waals surface area contributed by atoms with Crippen LogP contribution in [0.25, 0.3) is 43.1 Å². The number of hydrogen-bond donors (Lipinski definition) is 2. The van der Waals surface area contributed by atoms with Crippen molar-refractivity contribution in [3.05, 3.63) is 146 Å². The Bertz CT molecular complexity index is 2000. The molecule has 0 fully saturated rings. The van der Waals surface area contributed by atoms with Gasteiger partial charge in [-0.1, -0.05) is 137 Å². The van der Waals surface area contributed by atoms with Crippen molar-refractivity contribution < 1.29 is 14.3 Å². The zero-order valence-corrected chi connectivity index (χ0v) is 33.9. The summed E-state index contributed by atoms with van der Waals surface area (Å²) in [7, 11) is 0. The van der Waals surface area contributed by atoms with Crippen molar-refractivity contribution >= 4 is 49.2 Å². The number of rotatable bonds is 20. The summed E-state index contributed by atoms with van der Waals surface area (Å²) in [5, 5.41) is 16.5. The zero-order chi connectivity index (χ0) is 39.5. The SMILES string of the molecule is C=CCNCCC(C)(C)CC(COC(=O)OCC(CC(C)(C)CCNCC=C)c1c2ccccc2cc2ccccc12)c1c2ccccc2cc2ccccc12. The fourth-order valence-corrected chi connectivity index (χ4v) is 8.65. The van der Waals surface area contributed by atoms with Crippen LogP contribution in [0.2, 0.25) is 0 Å². The Labute approximate surface area is 334 Å². The number of hydrogen-bond acceptors (Lipinski definition) is 5. The molecule has 56 heavy (non-hydrogen) atoms. The van der Waals surface area contributed by atoms with Crippen LogP contribution >= 0.6 is 0 Å². The molecule has 292 valence electrons. The molecule has 2 N–H and O–H groups in total. The summed E-state index contributed by atoms with van der Waals surface area (Å²) in [6, 6.07) is 38.8. The molecule has 0 aliphatic heterocycles. The van der Waals surface area contributed by atoms with Crippen molar-refractivity contribution in [1.82, 2.24) is 10.6 Å². The van der Waals surface area contributed by atoms with E-state index in [-0.39, 0.29) is 35.9 Å². The van der Waals surface area contributed by atoms with Crippen molar-refractivity contribution in [3.63, 3.8) is 0 Å². The largest absolute Gasteiger partial charge is 0.508 e. The van der Waals surface area contributed by atoms with E-state index in [4.69, 9.17) is 9.47 Å². The molecule has 0 heterocycles. The molecule has 2 atom stereocenters. The molecule has 0 radical (unpaired) electrons. The van der Waals surface area contributed by atoms with Crippen molar-refractivity contribution in [2.24, 2.45) is 10.8 Å². The molecule has 0 saturated carbocycles. The summed E-state index contributed by atoms with van der Waals surface area (Å²) in [6.07, 6.45) is 6.80. The van der Waals surface area contributed by atoms with Crippen LogP contribution in [0.15, 0.2) is 135 Å². The van der Waals surface area contributed by atoms with Crippen LogP contribution in [0, 0.1) is 10.8 Å². The summed E-state index contributed by atoms with van der Waals surface area (Å²) in [5.41, 5.74) is 2.39. The Morgan fingerprint density at radius 3 is 1.21 bits per heavy atom. The first-order chi connectivity index (χ1) is 27.1. The van der Waals surface area contributed by atoms with E-state index in [2.05, 4.69) is 161 Å². The predicted octanol–water partition coefficient (Wildman–Crippen LogP) is 12.5. The van der Waals surface area contributed by atoms with E-state index >= 15 is 0 Å². The average Bonchev–Trinajstić information content (AvgIpc) is 3.19. The molecule has 0 aromatic heterocycles. The smallest absolute Gasteiger partial charge is 0.434 e. The number of ether oxygens (including phenoxy) is 2. The molecule has 0 aliphatic carbocycles. The Morgan fingerprint density at radius 1 is 0.571 bits per heavy atom. The summed E-state index contributed by atoms with van der Waals surface area (Å²) in [5.74, 6) is -0.0967. The van der Waals surface area contributed by atoms with Gasteiger partial charge >= 0.3 is 6.16 Å². The second kappa shape index (κ2) is 18.8. The van der Waals surface area contributed by atoms with Crippen LogP contribution in [0.3, 0.4) is 0 Å². The lowest BCUT2D eigenvalue weighted by atomic mass is 9.76. The fraction of sp³-hybridized carbons (Fsp3) is 0.353. The second-order valence-corrected chi connectivity index (χ2v) is 17.0. The van der Waals surface area contributed by atoms with Gasteiger partial charge in [-0.25, -0.2) is 4.79 Å². The lowest BCUT2D eigenvalue weighted by molar-refractivity contribution is 0.0400. The molecule has 6 aromatic rings. The number of benzene rings is 6. The van der Waals surface area contributed by atoms with Crippen molar-refractivity contribution in [3.8, 4) is 0 Å². The quantitative estimate of drug-likeness (QED) is 0.0352. The van der Waals surface area contributed by atoms with Gasteiger partial charge in [0.2, 0.25) is 0 Å². The number of carbonyl (C=O) groups is 1. The Morgan fingerprint density at radius 2 is 0.893 bits per heavy atom. The summed E-state index contributed by atoms with van der Waals surface area (Å²) < 4.78 is 12.4. The zero-order valence-electron chi connectivity index (χ0n) is 33.9. The first kappa shape index (κ1) is 40.7. The third-order valence-corrected chi connectivity index (χ3v) is 11.4. The van der Waals surface area contributed by atoms with Crippen LogP contribution in [0.4, 0.5) is 4.79 Å². The lowest BCUT2D eigenvalue weighted by Crippen LogP contribution is -2.27. The first-order valence-corrected chi connectivity index (χ1v) is 20.3. The Kier molecular flexibility index (Phi) is 13.6. The van der Waals surface area contributed by atoms with Crippen LogP contribution < -0.4 is 10.6 Å². The minimum atomic E-state index is -0.620. The van der Waals surface area contributed by atoms with Crippen molar-refractivity contribution in [2.45, 2.75) is 65.2 Å². The number of carbonyl (C=O) groups excluding carboxylic acids is 1. The van der Waals surface area contributed by atoms with E-state index in [1.54, 1.807) is 0 Å². The summed E-state index contributed by atoms with van der Waals surface area (Å²) >= 11 is 0. The van der Waals surface area contributed by atoms with Gasteiger partial charge in [0.25, 0.3) is 0 Å². The van der Waals surface area contributed by atoms with Gasteiger partial charge in [-0.2, -0.15) is 0 Å². The molecule has 2 unspecified atom stereocenters. The number of fused-ring (bicyclic) bond motifs is 4.